The lowest BCUT2D eigenvalue weighted by atomic mass is 10.2. The molecule has 0 bridgehead atoms. The van der Waals surface area contributed by atoms with Crippen molar-refractivity contribution < 1.29 is 4.74 Å². The van der Waals surface area contributed by atoms with Crippen molar-refractivity contribution in [2.45, 2.75) is 64.8 Å². The molecule has 2 unspecified atom stereocenters. The molecule has 0 aromatic heterocycles. The first-order valence-electron chi connectivity index (χ1n) is 6.20. The molecular formula is C12H26N2O. The van der Waals surface area contributed by atoms with Crippen LogP contribution >= 0.6 is 0 Å². The highest BCUT2D eigenvalue weighted by Gasteiger charge is 2.24. The first-order chi connectivity index (χ1) is 7.08. The molecule has 90 valence electrons. The highest BCUT2D eigenvalue weighted by Crippen LogP contribution is 2.18. The van der Waals surface area contributed by atoms with Crippen LogP contribution in [0.5, 0.6) is 0 Å². The molecule has 0 aromatic carbocycles. The van der Waals surface area contributed by atoms with E-state index >= 15 is 0 Å². The van der Waals surface area contributed by atoms with Gasteiger partial charge in [-0.1, -0.05) is 27.7 Å². The highest BCUT2D eigenvalue weighted by atomic mass is 16.5. The lowest BCUT2D eigenvalue weighted by molar-refractivity contribution is 0.0438. The predicted molar refractivity (Wildman–Crippen MR) is 64.2 cm³/mol. The quantitative estimate of drug-likeness (QED) is 0.703. The summed E-state index contributed by atoms with van der Waals surface area (Å²) in [4.78, 5) is 0. The van der Waals surface area contributed by atoms with E-state index in [-0.39, 0.29) is 0 Å². The molecule has 1 fully saturated rings. The molecule has 0 amide bonds. The minimum absolute atomic E-state index is 0.423. The van der Waals surface area contributed by atoms with Crippen molar-refractivity contribution in [1.82, 2.24) is 10.6 Å². The second kappa shape index (κ2) is 6.46. The SMILES string of the molecule is CC(C)NCC1CCC(CNC(C)C)O1. The number of hydrogen-bond acceptors (Lipinski definition) is 3. The van der Waals surface area contributed by atoms with Gasteiger partial charge in [-0.05, 0) is 12.8 Å². The Kier molecular flexibility index (Phi) is 5.58. The third-order valence-electron chi connectivity index (χ3n) is 2.70. The molecule has 0 aliphatic carbocycles. The van der Waals surface area contributed by atoms with Crippen LogP contribution < -0.4 is 10.6 Å². The maximum atomic E-state index is 5.94. The van der Waals surface area contributed by atoms with E-state index in [1.54, 1.807) is 0 Å². The minimum atomic E-state index is 0.423. The number of rotatable bonds is 6. The van der Waals surface area contributed by atoms with Crippen LogP contribution in [0.3, 0.4) is 0 Å². The molecule has 1 rings (SSSR count). The van der Waals surface area contributed by atoms with Crippen LogP contribution in [0.2, 0.25) is 0 Å². The lowest BCUT2D eigenvalue weighted by Crippen LogP contribution is -2.35. The van der Waals surface area contributed by atoms with Crippen molar-refractivity contribution in [3.8, 4) is 0 Å². The molecule has 0 radical (unpaired) electrons. The molecule has 2 atom stereocenters. The molecular weight excluding hydrogens is 188 g/mol. The Bertz CT molecular complexity index is 153. The molecule has 1 saturated heterocycles. The largest absolute Gasteiger partial charge is 0.372 e. The summed E-state index contributed by atoms with van der Waals surface area (Å²) in [5, 5.41) is 6.85. The molecule has 0 spiro atoms. The summed E-state index contributed by atoms with van der Waals surface area (Å²) < 4.78 is 5.94. The fraction of sp³-hybridized carbons (Fsp3) is 1.00. The van der Waals surface area contributed by atoms with E-state index in [1.807, 2.05) is 0 Å². The summed E-state index contributed by atoms with van der Waals surface area (Å²) in [6.45, 7) is 10.7. The zero-order chi connectivity index (χ0) is 11.3. The van der Waals surface area contributed by atoms with E-state index in [9.17, 15) is 0 Å². The Morgan fingerprint density at radius 2 is 1.33 bits per heavy atom. The van der Waals surface area contributed by atoms with Crippen LogP contribution in [0.1, 0.15) is 40.5 Å². The van der Waals surface area contributed by atoms with E-state index in [0.29, 0.717) is 24.3 Å². The van der Waals surface area contributed by atoms with Gasteiger partial charge in [0.2, 0.25) is 0 Å². The number of ether oxygens (including phenoxy) is 1. The monoisotopic (exact) mass is 214 g/mol. The van der Waals surface area contributed by atoms with Crippen LogP contribution in [-0.4, -0.2) is 37.4 Å². The van der Waals surface area contributed by atoms with Crippen LogP contribution in [0.25, 0.3) is 0 Å². The van der Waals surface area contributed by atoms with Crippen LogP contribution in [0, 0.1) is 0 Å². The van der Waals surface area contributed by atoms with Crippen molar-refractivity contribution in [2.75, 3.05) is 13.1 Å². The molecule has 3 heteroatoms. The summed E-state index contributed by atoms with van der Waals surface area (Å²) in [5.41, 5.74) is 0. The maximum Gasteiger partial charge on any atom is 0.0704 e. The lowest BCUT2D eigenvalue weighted by Gasteiger charge is -2.17. The highest BCUT2D eigenvalue weighted by molar-refractivity contribution is 4.77. The van der Waals surface area contributed by atoms with Crippen LogP contribution in [0.4, 0.5) is 0 Å². The molecule has 3 nitrogen and oxygen atoms in total. The molecule has 0 aromatic rings. The molecule has 1 heterocycles. The van der Waals surface area contributed by atoms with Gasteiger partial charge in [-0.25, -0.2) is 0 Å². The normalized spacial score (nSPS) is 26.8. The van der Waals surface area contributed by atoms with Gasteiger partial charge in [-0.3, -0.25) is 0 Å². The summed E-state index contributed by atoms with van der Waals surface area (Å²) in [7, 11) is 0. The number of nitrogens with one attached hydrogen (secondary N) is 2. The molecule has 2 N–H and O–H groups in total. The predicted octanol–water partition coefficient (Wildman–Crippen LogP) is 1.53. The summed E-state index contributed by atoms with van der Waals surface area (Å²) >= 11 is 0. The van der Waals surface area contributed by atoms with Crippen molar-refractivity contribution in [1.29, 1.82) is 0 Å². The van der Waals surface area contributed by atoms with Crippen molar-refractivity contribution in [3.63, 3.8) is 0 Å². The summed E-state index contributed by atoms with van der Waals surface area (Å²) in [5.74, 6) is 0. The molecule has 1 aliphatic heterocycles. The Labute approximate surface area is 94.0 Å². The third-order valence-corrected chi connectivity index (χ3v) is 2.70. The molecule has 15 heavy (non-hydrogen) atoms. The zero-order valence-corrected chi connectivity index (χ0v) is 10.5. The van der Waals surface area contributed by atoms with E-state index < -0.39 is 0 Å². The fourth-order valence-corrected chi connectivity index (χ4v) is 1.81. The van der Waals surface area contributed by atoms with Gasteiger partial charge in [-0.2, -0.15) is 0 Å². The number of hydrogen-bond donors (Lipinski definition) is 2. The van der Waals surface area contributed by atoms with Gasteiger partial charge >= 0.3 is 0 Å². The second-order valence-electron chi connectivity index (χ2n) is 5.08. The van der Waals surface area contributed by atoms with Crippen molar-refractivity contribution in [3.05, 3.63) is 0 Å². The van der Waals surface area contributed by atoms with Gasteiger partial charge in [0.05, 0.1) is 12.2 Å². The standard InChI is InChI=1S/C12H26N2O/c1-9(2)13-7-11-5-6-12(15-11)8-14-10(3)4/h9-14H,5-8H2,1-4H3. The zero-order valence-electron chi connectivity index (χ0n) is 10.5. The van der Waals surface area contributed by atoms with Gasteiger partial charge < -0.3 is 15.4 Å². The van der Waals surface area contributed by atoms with Crippen molar-refractivity contribution in [2.24, 2.45) is 0 Å². The van der Waals surface area contributed by atoms with E-state index in [1.165, 1.54) is 12.8 Å². The Morgan fingerprint density at radius 1 is 0.933 bits per heavy atom. The summed E-state index contributed by atoms with van der Waals surface area (Å²) in [6.07, 6.45) is 3.24. The molecule has 1 aliphatic rings. The second-order valence-corrected chi connectivity index (χ2v) is 5.08. The maximum absolute atomic E-state index is 5.94. The van der Waals surface area contributed by atoms with Gasteiger partial charge in [0.15, 0.2) is 0 Å². The van der Waals surface area contributed by atoms with E-state index in [4.69, 9.17) is 4.74 Å². The van der Waals surface area contributed by atoms with Gasteiger partial charge in [0.25, 0.3) is 0 Å². The average molecular weight is 214 g/mol. The van der Waals surface area contributed by atoms with Crippen molar-refractivity contribution >= 4 is 0 Å². The van der Waals surface area contributed by atoms with E-state index in [0.717, 1.165) is 13.1 Å². The topological polar surface area (TPSA) is 33.3 Å². The molecule has 0 saturated carbocycles. The Balaban J connectivity index is 2.10. The minimum Gasteiger partial charge on any atom is -0.372 e. The third kappa shape index (κ3) is 5.50. The first-order valence-corrected chi connectivity index (χ1v) is 6.20. The smallest absolute Gasteiger partial charge is 0.0704 e. The Hall–Kier alpha value is -0.120. The van der Waals surface area contributed by atoms with Crippen LogP contribution in [-0.2, 0) is 4.74 Å². The van der Waals surface area contributed by atoms with E-state index in [2.05, 4.69) is 38.3 Å². The van der Waals surface area contributed by atoms with Crippen LogP contribution in [0.15, 0.2) is 0 Å². The average Bonchev–Trinajstić information content (AvgIpc) is 2.59. The van der Waals surface area contributed by atoms with Gasteiger partial charge in [0.1, 0.15) is 0 Å². The first kappa shape index (κ1) is 12.9. The fourth-order valence-electron chi connectivity index (χ4n) is 1.81. The Morgan fingerprint density at radius 3 is 1.67 bits per heavy atom. The van der Waals surface area contributed by atoms with Gasteiger partial charge in [0, 0.05) is 25.2 Å². The summed E-state index contributed by atoms with van der Waals surface area (Å²) in [6, 6.07) is 1.11. The van der Waals surface area contributed by atoms with Gasteiger partial charge in [-0.15, -0.1) is 0 Å².